The van der Waals surface area contributed by atoms with E-state index in [2.05, 4.69) is 0 Å². The molecule has 1 fully saturated rings. The second-order valence-corrected chi connectivity index (χ2v) is 3.04. The summed E-state index contributed by atoms with van der Waals surface area (Å²) in [7, 11) is 0. The van der Waals surface area contributed by atoms with E-state index in [0.29, 0.717) is 0 Å². The number of aliphatic carboxylic acids is 1. The van der Waals surface area contributed by atoms with Crippen LogP contribution in [-0.4, -0.2) is 35.6 Å². The van der Waals surface area contributed by atoms with E-state index in [1.54, 1.807) is 11.8 Å². The lowest BCUT2D eigenvalue weighted by atomic mass is 10.5. The summed E-state index contributed by atoms with van der Waals surface area (Å²) < 4.78 is 0. The molecule has 3 nitrogen and oxygen atoms in total. The fourth-order valence-electron chi connectivity index (χ4n) is 0.759. The van der Waals surface area contributed by atoms with Crippen LogP contribution in [-0.2, 0) is 4.79 Å². The predicted octanol–water partition coefficient (Wildman–Crippen LogP) is -1.26. The van der Waals surface area contributed by atoms with E-state index >= 15 is 0 Å². The van der Waals surface area contributed by atoms with Gasteiger partial charge in [0, 0.05) is 24.7 Å². The Balaban J connectivity index is 2.19. The molecule has 1 aliphatic rings. The Kier molecular flexibility index (Phi) is 2.36. The van der Waals surface area contributed by atoms with Gasteiger partial charge in [0.1, 0.15) is 0 Å². The Labute approximate surface area is 58.0 Å². The van der Waals surface area contributed by atoms with Crippen molar-refractivity contribution in [2.75, 3.05) is 24.7 Å². The van der Waals surface area contributed by atoms with E-state index in [4.69, 9.17) is 0 Å². The number of carboxylic acids is 1. The smallest absolute Gasteiger partial charge is 0.0555 e. The molecule has 1 heterocycles. The molecule has 4 heteroatoms. The van der Waals surface area contributed by atoms with Crippen LogP contribution in [0, 0.1) is 0 Å². The zero-order chi connectivity index (χ0) is 6.69. The molecule has 1 aliphatic heterocycles. The number of carboxylic acid groups (broad SMARTS) is 1. The fourth-order valence-corrected chi connectivity index (χ4v) is 1.75. The van der Waals surface area contributed by atoms with E-state index in [9.17, 15) is 9.90 Å². The van der Waals surface area contributed by atoms with Crippen molar-refractivity contribution < 1.29 is 9.90 Å². The van der Waals surface area contributed by atoms with Crippen LogP contribution in [0.3, 0.4) is 0 Å². The van der Waals surface area contributed by atoms with Crippen molar-refractivity contribution >= 4 is 17.7 Å². The van der Waals surface area contributed by atoms with E-state index in [0.717, 1.165) is 18.2 Å². The second kappa shape index (κ2) is 3.08. The maximum absolute atomic E-state index is 9.99. The van der Waals surface area contributed by atoms with Gasteiger partial charge in [-0.2, -0.15) is 0 Å². The highest BCUT2D eigenvalue weighted by atomic mass is 32.2. The Morgan fingerprint density at radius 2 is 2.56 bits per heavy atom. The Morgan fingerprint density at radius 3 is 3.00 bits per heavy atom. The lowest BCUT2D eigenvalue weighted by molar-refractivity contribution is -0.306. The molecule has 0 spiro atoms. The standard InChI is InChI=1S/C5H9NO2S/c7-5(8)3-6-1-2-9-4-6/h1-4H2,(H,7,8)/p-1. The van der Waals surface area contributed by atoms with Gasteiger partial charge in [0.05, 0.1) is 5.97 Å². The predicted molar refractivity (Wildman–Crippen MR) is 33.9 cm³/mol. The molecule has 0 N–H and O–H groups in total. The highest BCUT2D eigenvalue weighted by molar-refractivity contribution is 7.99. The molecule has 0 radical (unpaired) electrons. The number of hydrogen-bond donors (Lipinski definition) is 0. The third-order valence-corrected chi connectivity index (χ3v) is 2.20. The van der Waals surface area contributed by atoms with Crippen LogP contribution in [0.2, 0.25) is 0 Å². The number of carbonyl (C=O) groups excluding carboxylic acids is 1. The Morgan fingerprint density at radius 1 is 1.78 bits per heavy atom. The lowest BCUT2D eigenvalue weighted by Crippen LogP contribution is -2.36. The molecule has 52 valence electrons. The van der Waals surface area contributed by atoms with Crippen LogP contribution in [0.25, 0.3) is 0 Å². The molecule has 0 aliphatic carbocycles. The maximum atomic E-state index is 9.99. The maximum Gasteiger partial charge on any atom is 0.0555 e. The van der Waals surface area contributed by atoms with Crippen molar-refractivity contribution in [2.45, 2.75) is 0 Å². The number of carbonyl (C=O) groups is 1. The van der Waals surface area contributed by atoms with E-state index in [-0.39, 0.29) is 6.54 Å². The van der Waals surface area contributed by atoms with E-state index in [1.807, 2.05) is 4.90 Å². The summed E-state index contributed by atoms with van der Waals surface area (Å²) in [4.78, 5) is 11.9. The molecule has 0 amide bonds. The van der Waals surface area contributed by atoms with Crippen LogP contribution in [0.15, 0.2) is 0 Å². The number of nitrogens with zero attached hydrogens (tertiary/aromatic N) is 1. The molecular weight excluding hydrogens is 138 g/mol. The summed E-state index contributed by atoms with van der Waals surface area (Å²) in [6.45, 7) is 0.978. The first-order chi connectivity index (χ1) is 4.29. The molecular formula is C5H8NO2S-. The first-order valence-corrected chi connectivity index (χ1v) is 3.94. The monoisotopic (exact) mass is 146 g/mol. The molecule has 1 rings (SSSR count). The van der Waals surface area contributed by atoms with Crippen LogP contribution in [0.4, 0.5) is 0 Å². The summed E-state index contributed by atoms with van der Waals surface area (Å²) in [5.41, 5.74) is 0. The molecule has 1 saturated heterocycles. The summed E-state index contributed by atoms with van der Waals surface area (Å²) >= 11 is 1.76. The van der Waals surface area contributed by atoms with Crippen molar-refractivity contribution in [3.63, 3.8) is 0 Å². The van der Waals surface area contributed by atoms with Gasteiger partial charge in [0.2, 0.25) is 0 Å². The number of thioether (sulfide) groups is 1. The number of hydrogen-bond acceptors (Lipinski definition) is 4. The lowest BCUT2D eigenvalue weighted by Gasteiger charge is -2.12. The van der Waals surface area contributed by atoms with Crippen LogP contribution in [0.5, 0.6) is 0 Å². The minimum atomic E-state index is -0.975. The molecule has 0 aromatic heterocycles. The van der Waals surface area contributed by atoms with Gasteiger partial charge in [0.25, 0.3) is 0 Å². The van der Waals surface area contributed by atoms with Gasteiger partial charge in [-0.15, -0.1) is 11.8 Å². The van der Waals surface area contributed by atoms with Gasteiger partial charge in [-0.1, -0.05) is 0 Å². The summed E-state index contributed by atoms with van der Waals surface area (Å²) in [6, 6.07) is 0. The first kappa shape index (κ1) is 6.89. The second-order valence-electron chi connectivity index (χ2n) is 1.96. The topological polar surface area (TPSA) is 43.4 Å². The highest BCUT2D eigenvalue weighted by Crippen LogP contribution is 2.11. The van der Waals surface area contributed by atoms with Crippen LogP contribution >= 0.6 is 11.8 Å². The molecule has 0 aromatic rings. The van der Waals surface area contributed by atoms with Gasteiger partial charge in [-0.05, 0) is 0 Å². The zero-order valence-electron chi connectivity index (χ0n) is 5.00. The van der Waals surface area contributed by atoms with E-state index in [1.165, 1.54) is 0 Å². The van der Waals surface area contributed by atoms with Crippen molar-refractivity contribution in [1.29, 1.82) is 0 Å². The van der Waals surface area contributed by atoms with Gasteiger partial charge in [-0.25, -0.2) is 0 Å². The van der Waals surface area contributed by atoms with Gasteiger partial charge < -0.3 is 9.90 Å². The summed E-state index contributed by atoms with van der Waals surface area (Å²) in [5, 5.41) is 9.99. The third kappa shape index (κ3) is 2.24. The van der Waals surface area contributed by atoms with Crippen LogP contribution < -0.4 is 5.11 Å². The average molecular weight is 146 g/mol. The minimum Gasteiger partial charge on any atom is -0.549 e. The molecule has 0 bridgehead atoms. The largest absolute Gasteiger partial charge is 0.549 e. The fraction of sp³-hybridized carbons (Fsp3) is 0.800. The number of rotatable bonds is 2. The molecule has 0 aromatic carbocycles. The Bertz CT molecular complexity index is 112. The average Bonchev–Trinajstić information content (AvgIpc) is 2.15. The zero-order valence-corrected chi connectivity index (χ0v) is 5.82. The minimum absolute atomic E-state index is 0.0903. The quantitative estimate of drug-likeness (QED) is 0.488. The Hall–Kier alpha value is -0.220. The van der Waals surface area contributed by atoms with Crippen molar-refractivity contribution in [1.82, 2.24) is 4.90 Å². The third-order valence-electron chi connectivity index (χ3n) is 1.18. The van der Waals surface area contributed by atoms with Gasteiger partial charge in [0.15, 0.2) is 0 Å². The molecule has 9 heavy (non-hydrogen) atoms. The van der Waals surface area contributed by atoms with Crippen LogP contribution in [0.1, 0.15) is 0 Å². The van der Waals surface area contributed by atoms with Crippen molar-refractivity contribution in [3.05, 3.63) is 0 Å². The summed E-state index contributed by atoms with van der Waals surface area (Å²) in [6.07, 6.45) is 0. The highest BCUT2D eigenvalue weighted by Gasteiger charge is 2.10. The van der Waals surface area contributed by atoms with Gasteiger partial charge >= 0.3 is 0 Å². The van der Waals surface area contributed by atoms with Gasteiger partial charge in [-0.3, -0.25) is 4.90 Å². The first-order valence-electron chi connectivity index (χ1n) is 2.79. The molecule has 0 atom stereocenters. The molecule has 0 saturated carbocycles. The SMILES string of the molecule is O=C([O-])CN1CCSC1. The van der Waals surface area contributed by atoms with E-state index < -0.39 is 5.97 Å². The van der Waals surface area contributed by atoms with Crippen molar-refractivity contribution in [2.24, 2.45) is 0 Å². The van der Waals surface area contributed by atoms with Crippen molar-refractivity contribution in [3.8, 4) is 0 Å². The summed E-state index contributed by atoms with van der Waals surface area (Å²) in [5.74, 6) is 0.916. The molecule has 0 unspecified atom stereocenters. The normalized spacial score (nSPS) is 20.4.